The largest absolute Gasteiger partial charge is 0.452 e. The molecule has 8 heteroatoms. The summed E-state index contributed by atoms with van der Waals surface area (Å²) < 4.78 is 17.6. The van der Waals surface area contributed by atoms with Gasteiger partial charge in [0.2, 0.25) is 0 Å². The second kappa shape index (κ2) is 7.73. The van der Waals surface area contributed by atoms with E-state index < -0.39 is 30.3 Å². The summed E-state index contributed by atoms with van der Waals surface area (Å²) in [6.45, 7) is -0.578. The molecular formula is C15H14ClFN2O4. The van der Waals surface area contributed by atoms with Crippen molar-refractivity contribution in [2.75, 3.05) is 6.61 Å². The van der Waals surface area contributed by atoms with Gasteiger partial charge in [-0.3, -0.25) is 10.1 Å². The molecule has 0 spiro atoms. The van der Waals surface area contributed by atoms with E-state index in [9.17, 15) is 18.8 Å². The van der Waals surface area contributed by atoms with Crippen molar-refractivity contribution in [3.63, 3.8) is 0 Å². The first-order chi connectivity index (χ1) is 10.9. The highest BCUT2D eigenvalue weighted by Gasteiger charge is 2.23. The Hall–Kier alpha value is -2.41. The van der Waals surface area contributed by atoms with Crippen molar-refractivity contribution in [2.24, 2.45) is 0 Å². The van der Waals surface area contributed by atoms with Crippen LogP contribution in [0.1, 0.15) is 18.4 Å². The summed E-state index contributed by atoms with van der Waals surface area (Å²) in [5.41, 5.74) is 0.501. The fourth-order valence-electron chi connectivity index (χ4n) is 1.58. The molecule has 6 nitrogen and oxygen atoms in total. The molecule has 1 aromatic carbocycles. The molecule has 0 atom stereocenters. The number of carbonyl (C=O) groups excluding carboxylic acids is 3. The third kappa shape index (κ3) is 6.07. The zero-order valence-corrected chi connectivity index (χ0v) is 12.7. The Balaban J connectivity index is 1.73. The van der Waals surface area contributed by atoms with E-state index in [1.807, 2.05) is 5.32 Å². The molecule has 0 saturated heterocycles. The van der Waals surface area contributed by atoms with E-state index in [1.165, 1.54) is 24.3 Å². The van der Waals surface area contributed by atoms with E-state index in [4.69, 9.17) is 11.6 Å². The minimum Gasteiger partial charge on any atom is -0.452 e. The van der Waals surface area contributed by atoms with Crippen molar-refractivity contribution < 1.29 is 23.5 Å². The number of urea groups is 1. The van der Waals surface area contributed by atoms with E-state index in [1.54, 1.807) is 0 Å². The summed E-state index contributed by atoms with van der Waals surface area (Å²) in [5.74, 6) is -2.06. The summed E-state index contributed by atoms with van der Waals surface area (Å²) in [4.78, 5) is 34.1. The van der Waals surface area contributed by atoms with E-state index in [0.29, 0.717) is 5.56 Å². The molecule has 0 heterocycles. The summed E-state index contributed by atoms with van der Waals surface area (Å²) in [6, 6.07) is 3.45. The SMILES string of the molecule is O=C(COC(=O)/C=C/c1ccc(F)c(Cl)c1)NC(=O)NC1CC1. The number of nitrogens with one attached hydrogen (secondary N) is 2. The number of carbonyl (C=O) groups is 3. The maximum atomic E-state index is 13.0. The first-order valence-electron chi connectivity index (χ1n) is 6.84. The second-order valence-corrected chi connectivity index (χ2v) is 5.32. The van der Waals surface area contributed by atoms with E-state index in [-0.39, 0.29) is 11.1 Å². The van der Waals surface area contributed by atoms with Crippen LogP contribution < -0.4 is 10.6 Å². The zero-order valence-electron chi connectivity index (χ0n) is 12.0. The normalized spacial score (nSPS) is 13.7. The molecule has 1 aromatic rings. The van der Waals surface area contributed by atoms with Gasteiger partial charge >= 0.3 is 12.0 Å². The van der Waals surface area contributed by atoms with E-state index in [2.05, 4.69) is 10.1 Å². The molecule has 3 amide bonds. The minimum absolute atomic E-state index is 0.0680. The number of hydrogen-bond acceptors (Lipinski definition) is 4. The Labute approximate surface area is 136 Å². The molecule has 0 aliphatic heterocycles. The Bertz CT molecular complexity index is 659. The van der Waals surface area contributed by atoms with Crippen LogP contribution in [-0.4, -0.2) is 30.6 Å². The third-order valence-corrected chi connectivity index (χ3v) is 3.16. The topological polar surface area (TPSA) is 84.5 Å². The molecule has 2 rings (SSSR count). The molecule has 2 N–H and O–H groups in total. The molecule has 1 saturated carbocycles. The number of benzene rings is 1. The van der Waals surface area contributed by atoms with Gasteiger partial charge in [0.1, 0.15) is 5.82 Å². The van der Waals surface area contributed by atoms with E-state index in [0.717, 1.165) is 18.9 Å². The fraction of sp³-hybridized carbons (Fsp3) is 0.267. The first kappa shape index (κ1) is 17.0. The number of hydrogen-bond donors (Lipinski definition) is 2. The van der Waals surface area contributed by atoms with Crippen LogP contribution in [0.5, 0.6) is 0 Å². The number of amides is 3. The number of rotatable bonds is 5. The van der Waals surface area contributed by atoms with Crippen LogP contribution in [0.3, 0.4) is 0 Å². The van der Waals surface area contributed by atoms with Gasteiger partial charge < -0.3 is 10.1 Å². The molecule has 1 aliphatic rings. The van der Waals surface area contributed by atoms with Gasteiger partial charge in [-0.2, -0.15) is 0 Å². The minimum atomic E-state index is -0.775. The molecule has 0 radical (unpaired) electrons. The van der Waals surface area contributed by atoms with Gasteiger partial charge in [-0.25, -0.2) is 14.0 Å². The Morgan fingerprint density at radius 2 is 2.09 bits per heavy atom. The number of esters is 1. The average molecular weight is 341 g/mol. The van der Waals surface area contributed by atoms with Gasteiger partial charge in [-0.1, -0.05) is 17.7 Å². The summed E-state index contributed by atoms with van der Waals surface area (Å²) in [7, 11) is 0. The number of halogens is 2. The fourth-order valence-corrected chi connectivity index (χ4v) is 1.77. The van der Waals surface area contributed by atoms with Crippen molar-refractivity contribution in [3.05, 3.63) is 40.7 Å². The third-order valence-electron chi connectivity index (χ3n) is 2.87. The van der Waals surface area contributed by atoms with Gasteiger partial charge in [0.05, 0.1) is 5.02 Å². The second-order valence-electron chi connectivity index (χ2n) is 4.91. The molecule has 0 aromatic heterocycles. The first-order valence-corrected chi connectivity index (χ1v) is 7.22. The molecule has 1 fully saturated rings. The predicted octanol–water partition coefficient (Wildman–Crippen LogP) is 2.02. The lowest BCUT2D eigenvalue weighted by molar-refractivity contribution is -0.143. The lowest BCUT2D eigenvalue weighted by Gasteiger charge is -2.05. The highest BCUT2D eigenvalue weighted by molar-refractivity contribution is 6.30. The van der Waals surface area contributed by atoms with Crippen molar-refractivity contribution >= 4 is 35.6 Å². The molecule has 122 valence electrons. The summed E-state index contributed by atoms with van der Waals surface area (Å²) in [5, 5.41) is 4.54. The number of ether oxygens (including phenoxy) is 1. The van der Waals surface area contributed by atoms with Crippen LogP contribution in [0.4, 0.5) is 9.18 Å². The Morgan fingerprint density at radius 1 is 1.35 bits per heavy atom. The van der Waals surface area contributed by atoms with Gasteiger partial charge in [0, 0.05) is 12.1 Å². The van der Waals surface area contributed by atoms with Crippen molar-refractivity contribution in [1.29, 1.82) is 0 Å². The van der Waals surface area contributed by atoms with Gasteiger partial charge in [-0.05, 0) is 36.6 Å². The highest BCUT2D eigenvalue weighted by Crippen LogP contribution is 2.18. The molecule has 0 bridgehead atoms. The quantitative estimate of drug-likeness (QED) is 0.634. The Kier molecular flexibility index (Phi) is 5.70. The van der Waals surface area contributed by atoms with Crippen LogP contribution in [0.2, 0.25) is 5.02 Å². The van der Waals surface area contributed by atoms with Crippen LogP contribution in [0, 0.1) is 5.82 Å². The maximum absolute atomic E-state index is 13.0. The molecule has 0 unspecified atom stereocenters. The number of imide groups is 1. The van der Waals surface area contributed by atoms with Crippen LogP contribution >= 0.6 is 11.6 Å². The monoisotopic (exact) mass is 340 g/mol. The maximum Gasteiger partial charge on any atom is 0.331 e. The van der Waals surface area contributed by atoms with Crippen molar-refractivity contribution in [1.82, 2.24) is 10.6 Å². The van der Waals surface area contributed by atoms with Gasteiger partial charge in [0.15, 0.2) is 6.61 Å². The summed E-state index contributed by atoms with van der Waals surface area (Å²) in [6.07, 6.45) is 4.23. The zero-order chi connectivity index (χ0) is 16.8. The predicted molar refractivity (Wildman–Crippen MR) is 81.1 cm³/mol. The van der Waals surface area contributed by atoms with Gasteiger partial charge in [0.25, 0.3) is 5.91 Å². The van der Waals surface area contributed by atoms with Crippen molar-refractivity contribution in [3.8, 4) is 0 Å². The van der Waals surface area contributed by atoms with Gasteiger partial charge in [-0.15, -0.1) is 0 Å². The molecule has 23 heavy (non-hydrogen) atoms. The lowest BCUT2D eigenvalue weighted by atomic mass is 10.2. The standard InChI is InChI=1S/C15H14ClFN2O4/c16-11-7-9(1-5-12(11)17)2-6-14(21)23-8-13(20)19-15(22)18-10-3-4-10/h1-2,5-7,10H,3-4,8H2,(H2,18,19,20,22)/b6-2+. The summed E-state index contributed by atoms with van der Waals surface area (Å²) >= 11 is 5.60. The smallest absolute Gasteiger partial charge is 0.331 e. The van der Waals surface area contributed by atoms with Crippen LogP contribution in [-0.2, 0) is 14.3 Å². The van der Waals surface area contributed by atoms with E-state index >= 15 is 0 Å². The van der Waals surface area contributed by atoms with Crippen molar-refractivity contribution in [2.45, 2.75) is 18.9 Å². The lowest BCUT2D eigenvalue weighted by Crippen LogP contribution is -2.42. The Morgan fingerprint density at radius 3 is 2.74 bits per heavy atom. The average Bonchev–Trinajstić information content (AvgIpc) is 3.30. The van der Waals surface area contributed by atoms with Crippen LogP contribution in [0.25, 0.3) is 6.08 Å². The highest BCUT2D eigenvalue weighted by atomic mass is 35.5. The molecular weight excluding hydrogens is 327 g/mol. The molecule has 1 aliphatic carbocycles. The van der Waals surface area contributed by atoms with Crippen LogP contribution in [0.15, 0.2) is 24.3 Å².